The molecular formula is C13H9F3N4O3SW. The van der Waals surface area contributed by atoms with Crippen molar-refractivity contribution in [3.05, 3.63) is 43.7 Å². The number of fused-ring (bicyclic) bond motifs is 1. The molecule has 0 radical (unpaired) electrons. The van der Waals surface area contributed by atoms with Crippen LogP contribution in [-0.2, 0) is 33.4 Å². The summed E-state index contributed by atoms with van der Waals surface area (Å²) in [6, 6.07) is 1.76. The van der Waals surface area contributed by atoms with Crippen molar-refractivity contribution in [2.24, 2.45) is 14.1 Å². The van der Waals surface area contributed by atoms with Gasteiger partial charge in [0.25, 0.3) is 0 Å². The number of halogens is 3. The van der Waals surface area contributed by atoms with Gasteiger partial charge in [-0.1, -0.05) is 0 Å². The van der Waals surface area contributed by atoms with Crippen molar-refractivity contribution in [3.8, 4) is 11.4 Å². The van der Waals surface area contributed by atoms with Crippen LogP contribution in [0, 0.1) is 10.6 Å². The number of anilines is 1. The van der Waals surface area contributed by atoms with Crippen molar-refractivity contribution in [2.75, 3.05) is 5.32 Å². The Hall–Kier alpha value is -2.00. The number of rotatable bonds is 1. The van der Waals surface area contributed by atoms with E-state index in [4.69, 9.17) is 12.2 Å². The summed E-state index contributed by atoms with van der Waals surface area (Å²) in [6.07, 6.45) is -3.57. The zero-order chi connectivity index (χ0) is 18.7. The molecule has 1 aromatic carbocycles. The molecule has 132 valence electrons. The average Bonchev–Trinajstić information content (AvgIpc) is 2.53. The summed E-state index contributed by atoms with van der Waals surface area (Å²) in [5.41, 5.74) is -2.11. The number of aromatic nitrogens is 3. The first-order valence-corrected chi connectivity index (χ1v) is 8.53. The van der Waals surface area contributed by atoms with Crippen molar-refractivity contribution in [2.45, 2.75) is 6.11 Å². The number of nitrogens with one attached hydrogen (secondary N) is 1. The minimum atomic E-state index is -3.57. The van der Waals surface area contributed by atoms with Crippen LogP contribution in [0.25, 0.3) is 5.69 Å². The standard InChI is InChI=1S/C13H9F3N4O3S.W/c1-18-10(21)20(11(22)19(2)12(18)24)8-4-7-9(3-6(8)14)23-13(15,16)5-17-7;/h3-4,17H,1-2H3;. The minimum absolute atomic E-state index is 0.0198. The van der Waals surface area contributed by atoms with Crippen LogP contribution >= 0.6 is 12.2 Å². The monoisotopic (exact) mass is 542 g/mol. The molecule has 0 spiro atoms. The van der Waals surface area contributed by atoms with Crippen LogP contribution in [0.3, 0.4) is 0 Å². The Kier molecular flexibility index (Phi) is 4.11. The second-order valence-corrected chi connectivity index (χ2v) is 7.01. The number of benzene rings is 1. The van der Waals surface area contributed by atoms with Gasteiger partial charge in [0.2, 0.25) is 0 Å². The molecule has 7 nitrogen and oxygen atoms in total. The average molecular weight is 542 g/mol. The zero-order valence-corrected chi connectivity index (χ0v) is 16.4. The SMILES string of the molecule is Cn1c(=S)n(C)c(=O)n(-c2cc3c(cc2F)OC(F)(F)[C](=[W])N3)c1=O. The second kappa shape index (κ2) is 5.77. The van der Waals surface area contributed by atoms with Crippen LogP contribution in [0.15, 0.2) is 21.7 Å². The van der Waals surface area contributed by atoms with Gasteiger partial charge in [-0.15, -0.1) is 0 Å². The number of hydrogen-bond acceptors (Lipinski definition) is 5. The molecule has 1 N–H and O–H groups in total. The molecule has 2 aromatic rings. The first kappa shape index (κ1) is 17.8. The number of hydrogen-bond donors (Lipinski definition) is 1. The molecule has 0 saturated carbocycles. The molecular weight excluding hydrogens is 533 g/mol. The number of nitrogens with zero attached hydrogens (tertiary/aromatic N) is 3. The Morgan fingerprint density at radius 3 is 2.32 bits per heavy atom. The van der Waals surface area contributed by atoms with Crippen LogP contribution in [0.1, 0.15) is 0 Å². The van der Waals surface area contributed by atoms with E-state index in [2.05, 4.69) is 10.1 Å². The summed E-state index contributed by atoms with van der Waals surface area (Å²) in [7, 11) is 2.67. The number of alkyl halides is 2. The molecule has 1 aliphatic heterocycles. The van der Waals surface area contributed by atoms with E-state index < -0.39 is 38.8 Å². The molecule has 1 aromatic heterocycles. The summed E-state index contributed by atoms with van der Waals surface area (Å²) in [5, 5.41) is 2.43. The van der Waals surface area contributed by atoms with Gasteiger partial charge in [-0.05, 0) is 0 Å². The van der Waals surface area contributed by atoms with Crippen LogP contribution in [0.2, 0.25) is 0 Å². The topological polar surface area (TPSA) is 70.2 Å². The predicted molar refractivity (Wildman–Crippen MR) is 81.2 cm³/mol. The van der Waals surface area contributed by atoms with E-state index in [0.717, 1.165) is 15.2 Å². The van der Waals surface area contributed by atoms with Crippen molar-refractivity contribution in [1.29, 1.82) is 0 Å². The van der Waals surface area contributed by atoms with Gasteiger partial charge in [-0.3, -0.25) is 0 Å². The summed E-state index contributed by atoms with van der Waals surface area (Å²) in [6.45, 7) is 0. The molecule has 0 atom stereocenters. The van der Waals surface area contributed by atoms with Gasteiger partial charge in [-0.2, -0.15) is 0 Å². The van der Waals surface area contributed by atoms with Crippen molar-refractivity contribution in [1.82, 2.24) is 13.7 Å². The fourth-order valence-electron chi connectivity index (χ4n) is 2.25. The third-order valence-corrected chi connectivity index (χ3v) is 5.34. The summed E-state index contributed by atoms with van der Waals surface area (Å²) in [4.78, 5) is 24.7. The summed E-state index contributed by atoms with van der Waals surface area (Å²) >= 11 is 5.38. The van der Waals surface area contributed by atoms with Gasteiger partial charge >= 0.3 is 154 Å². The maximum absolute atomic E-state index is 14.4. The molecule has 0 saturated heterocycles. The van der Waals surface area contributed by atoms with Gasteiger partial charge in [0.05, 0.1) is 0 Å². The van der Waals surface area contributed by atoms with E-state index in [1.54, 1.807) is 0 Å². The van der Waals surface area contributed by atoms with Gasteiger partial charge in [-0.25, -0.2) is 0 Å². The molecule has 0 unspecified atom stereocenters. The van der Waals surface area contributed by atoms with Crippen LogP contribution in [0.4, 0.5) is 18.9 Å². The van der Waals surface area contributed by atoms with Crippen LogP contribution in [-0.4, -0.2) is 23.8 Å². The molecule has 12 heteroatoms. The van der Waals surface area contributed by atoms with E-state index in [9.17, 15) is 22.8 Å². The summed E-state index contributed by atoms with van der Waals surface area (Å²) < 4.78 is 48.1. The third kappa shape index (κ3) is 2.71. The van der Waals surface area contributed by atoms with Gasteiger partial charge in [0.15, 0.2) is 0 Å². The Labute approximate surface area is 153 Å². The molecule has 3 rings (SSSR count). The molecule has 25 heavy (non-hydrogen) atoms. The van der Waals surface area contributed by atoms with Crippen LogP contribution < -0.4 is 21.4 Å². The van der Waals surface area contributed by atoms with Crippen molar-refractivity contribution >= 4 is 21.9 Å². The van der Waals surface area contributed by atoms with E-state index in [0.29, 0.717) is 30.0 Å². The van der Waals surface area contributed by atoms with Gasteiger partial charge in [0, 0.05) is 0 Å². The Bertz CT molecular complexity index is 1070. The van der Waals surface area contributed by atoms with Crippen molar-refractivity contribution in [3.63, 3.8) is 0 Å². The quantitative estimate of drug-likeness (QED) is 0.541. The molecule has 1 aliphatic rings. The maximum atomic E-state index is 14.4. The Balaban J connectivity index is 2.31. The fourth-order valence-corrected chi connectivity index (χ4v) is 2.95. The first-order chi connectivity index (χ1) is 11.5. The van der Waals surface area contributed by atoms with E-state index in [-0.39, 0.29) is 10.5 Å². The molecule has 2 heterocycles. The molecule has 0 fully saturated rings. The van der Waals surface area contributed by atoms with E-state index in [1.165, 1.54) is 14.1 Å². The fraction of sp³-hybridized carbons (Fsp3) is 0.231. The normalized spacial score (nSPS) is 15.3. The Morgan fingerprint density at radius 1 is 1.20 bits per heavy atom. The summed E-state index contributed by atoms with van der Waals surface area (Å²) in [5.74, 6) is -1.50. The van der Waals surface area contributed by atoms with E-state index in [1.807, 2.05) is 0 Å². The molecule has 0 bridgehead atoms. The number of ether oxygens (including phenoxy) is 1. The predicted octanol–water partition coefficient (Wildman–Crippen LogP) is 0.817. The van der Waals surface area contributed by atoms with Crippen LogP contribution in [0.5, 0.6) is 5.75 Å². The second-order valence-electron chi connectivity index (χ2n) is 5.17. The zero-order valence-electron chi connectivity index (χ0n) is 12.7. The van der Waals surface area contributed by atoms with Crippen molar-refractivity contribution < 1.29 is 37.3 Å². The third-order valence-electron chi connectivity index (χ3n) is 3.57. The Morgan fingerprint density at radius 2 is 1.76 bits per heavy atom. The molecule has 0 aliphatic carbocycles. The van der Waals surface area contributed by atoms with Gasteiger partial charge < -0.3 is 0 Å². The first-order valence-electron chi connectivity index (χ1n) is 6.66. The molecule has 0 amide bonds. The van der Waals surface area contributed by atoms with E-state index >= 15 is 0 Å². The van der Waals surface area contributed by atoms with Gasteiger partial charge in [0.1, 0.15) is 0 Å².